The third-order valence-electron chi connectivity index (χ3n) is 5.39. The molecule has 0 radical (unpaired) electrons. The minimum absolute atomic E-state index is 0.187. The lowest BCUT2D eigenvalue weighted by Crippen LogP contribution is -2.40. The molecular formula is C26H21BrCl2N2O4S. The molecule has 6 nitrogen and oxygen atoms in total. The van der Waals surface area contributed by atoms with Crippen LogP contribution in [0.15, 0.2) is 74.6 Å². The number of hydrogen-bond donors (Lipinski definition) is 0. The molecule has 0 saturated heterocycles. The van der Waals surface area contributed by atoms with Gasteiger partial charge in [-0.15, -0.1) is 0 Å². The third kappa shape index (κ3) is 5.09. The van der Waals surface area contributed by atoms with Gasteiger partial charge in [0.15, 0.2) is 4.80 Å². The number of fused-ring (bicyclic) bond motifs is 1. The van der Waals surface area contributed by atoms with Crippen LogP contribution in [-0.2, 0) is 9.53 Å². The highest BCUT2D eigenvalue weighted by molar-refractivity contribution is 9.10. The molecule has 0 bridgehead atoms. The third-order valence-corrected chi connectivity index (χ3v) is 7.52. The second-order valence-corrected chi connectivity index (χ2v) is 10.4. The first kappa shape index (κ1) is 26.4. The molecule has 36 heavy (non-hydrogen) atoms. The van der Waals surface area contributed by atoms with Gasteiger partial charge in [0.25, 0.3) is 5.56 Å². The number of allylic oxidation sites excluding steroid dienone is 1. The highest BCUT2D eigenvalue weighted by atomic mass is 79.9. The topological polar surface area (TPSA) is 69.9 Å². The molecule has 0 spiro atoms. The summed E-state index contributed by atoms with van der Waals surface area (Å²) in [6.07, 6.45) is 3.33. The standard InChI is InChI=1S/C26H21BrCl2N2O4S/c1-4-10-35-23-15(11-16(28)13-18(23)27)12-20-24(32)31-22(17-8-6-7-9-19(17)29)21(25(33)34-5-2)14(3)30-26(31)36-20/h4,6-9,11-13,22H,1,5,10H2,2-3H3/b20-12-/t22-/m0/s1. The number of benzene rings is 2. The Balaban J connectivity index is 1.98. The average Bonchev–Trinajstić information content (AvgIpc) is 3.12. The molecule has 0 aliphatic carbocycles. The van der Waals surface area contributed by atoms with Crippen molar-refractivity contribution in [2.24, 2.45) is 4.99 Å². The van der Waals surface area contributed by atoms with E-state index in [1.165, 1.54) is 15.9 Å². The summed E-state index contributed by atoms with van der Waals surface area (Å²) in [5.74, 6) is -0.0204. The Labute approximate surface area is 229 Å². The minimum Gasteiger partial charge on any atom is -0.488 e. The number of aromatic nitrogens is 1. The van der Waals surface area contributed by atoms with E-state index in [2.05, 4.69) is 27.5 Å². The van der Waals surface area contributed by atoms with Crippen molar-refractivity contribution in [2.45, 2.75) is 19.9 Å². The predicted octanol–water partition coefficient (Wildman–Crippen LogP) is 5.43. The van der Waals surface area contributed by atoms with Crippen molar-refractivity contribution in [3.8, 4) is 5.75 Å². The maximum absolute atomic E-state index is 13.8. The first-order valence-corrected chi connectivity index (χ1v) is 13.3. The lowest BCUT2D eigenvalue weighted by molar-refractivity contribution is -0.139. The van der Waals surface area contributed by atoms with E-state index >= 15 is 0 Å². The quantitative estimate of drug-likeness (QED) is 0.265. The van der Waals surface area contributed by atoms with Crippen LogP contribution in [0.5, 0.6) is 5.75 Å². The van der Waals surface area contributed by atoms with Gasteiger partial charge in [0.2, 0.25) is 0 Å². The van der Waals surface area contributed by atoms with E-state index < -0.39 is 12.0 Å². The number of halogens is 3. The second-order valence-electron chi connectivity index (χ2n) is 7.73. The highest BCUT2D eigenvalue weighted by Crippen LogP contribution is 2.35. The first-order valence-electron chi connectivity index (χ1n) is 10.9. The number of nitrogens with zero attached hydrogens (tertiary/aromatic N) is 2. The van der Waals surface area contributed by atoms with E-state index in [1.54, 1.807) is 56.3 Å². The van der Waals surface area contributed by atoms with Gasteiger partial charge in [0.05, 0.1) is 26.9 Å². The number of rotatable bonds is 7. The summed E-state index contributed by atoms with van der Waals surface area (Å²) in [7, 11) is 0. The summed E-state index contributed by atoms with van der Waals surface area (Å²) < 4.78 is 13.7. The Hall–Kier alpha value is -2.65. The van der Waals surface area contributed by atoms with Crippen LogP contribution >= 0.6 is 50.5 Å². The maximum atomic E-state index is 13.8. The fourth-order valence-electron chi connectivity index (χ4n) is 3.91. The smallest absolute Gasteiger partial charge is 0.338 e. The van der Waals surface area contributed by atoms with E-state index in [9.17, 15) is 9.59 Å². The lowest BCUT2D eigenvalue weighted by atomic mass is 9.96. The van der Waals surface area contributed by atoms with E-state index in [0.29, 0.717) is 46.4 Å². The summed E-state index contributed by atoms with van der Waals surface area (Å²) >= 11 is 17.5. The molecule has 1 aliphatic heterocycles. The van der Waals surface area contributed by atoms with Crippen molar-refractivity contribution in [3.05, 3.63) is 106 Å². The highest BCUT2D eigenvalue weighted by Gasteiger charge is 2.34. The predicted molar refractivity (Wildman–Crippen MR) is 147 cm³/mol. The molecule has 4 rings (SSSR count). The van der Waals surface area contributed by atoms with E-state index in [0.717, 1.165) is 0 Å². The minimum atomic E-state index is -0.793. The van der Waals surface area contributed by atoms with Gasteiger partial charge in [-0.2, -0.15) is 0 Å². The van der Waals surface area contributed by atoms with Crippen LogP contribution in [-0.4, -0.2) is 23.8 Å². The van der Waals surface area contributed by atoms with Crippen molar-refractivity contribution < 1.29 is 14.3 Å². The zero-order valence-electron chi connectivity index (χ0n) is 19.4. The Morgan fingerprint density at radius 3 is 2.75 bits per heavy atom. The maximum Gasteiger partial charge on any atom is 0.338 e. The summed E-state index contributed by atoms with van der Waals surface area (Å²) in [5.41, 5.74) is 1.61. The molecule has 2 aromatic carbocycles. The SMILES string of the molecule is C=CCOc1c(Br)cc(Cl)cc1/C=c1\sc2n(c1=O)[C@@H](c1ccccc1Cl)C(C(=O)OCC)=C(C)N=2. The molecular weight excluding hydrogens is 587 g/mol. The van der Waals surface area contributed by atoms with Gasteiger partial charge in [-0.3, -0.25) is 9.36 Å². The molecule has 0 N–H and O–H groups in total. The molecule has 0 amide bonds. The number of esters is 1. The van der Waals surface area contributed by atoms with Gasteiger partial charge in [0.1, 0.15) is 18.4 Å². The fourth-order valence-corrected chi connectivity index (χ4v) is 6.13. The van der Waals surface area contributed by atoms with Gasteiger partial charge >= 0.3 is 5.97 Å². The van der Waals surface area contributed by atoms with Crippen LogP contribution in [0, 0.1) is 0 Å². The summed E-state index contributed by atoms with van der Waals surface area (Å²) in [4.78, 5) is 31.8. The Morgan fingerprint density at radius 2 is 2.06 bits per heavy atom. The normalized spacial score (nSPS) is 15.4. The number of ether oxygens (including phenoxy) is 2. The molecule has 2 heterocycles. The van der Waals surface area contributed by atoms with E-state index in [4.69, 9.17) is 32.7 Å². The van der Waals surface area contributed by atoms with Crippen molar-refractivity contribution in [1.29, 1.82) is 0 Å². The molecule has 186 valence electrons. The molecule has 1 aromatic heterocycles. The molecule has 0 fully saturated rings. The van der Waals surface area contributed by atoms with E-state index in [1.807, 2.05) is 6.07 Å². The van der Waals surface area contributed by atoms with Crippen molar-refractivity contribution in [3.63, 3.8) is 0 Å². The van der Waals surface area contributed by atoms with Gasteiger partial charge in [-0.1, -0.05) is 65.4 Å². The van der Waals surface area contributed by atoms with Crippen LogP contribution in [0.25, 0.3) is 6.08 Å². The lowest BCUT2D eigenvalue weighted by Gasteiger charge is -2.25. The zero-order chi connectivity index (χ0) is 26.0. The fraction of sp³-hybridized carbons (Fsp3) is 0.192. The second kappa shape index (κ2) is 11.2. The Morgan fingerprint density at radius 1 is 1.31 bits per heavy atom. The molecule has 1 atom stereocenters. The van der Waals surface area contributed by atoms with Crippen LogP contribution < -0.4 is 19.6 Å². The summed E-state index contributed by atoms with van der Waals surface area (Å²) in [6.45, 7) is 7.60. The monoisotopic (exact) mass is 606 g/mol. The van der Waals surface area contributed by atoms with Gasteiger partial charge < -0.3 is 9.47 Å². The van der Waals surface area contributed by atoms with Crippen LogP contribution in [0.4, 0.5) is 0 Å². The largest absolute Gasteiger partial charge is 0.488 e. The van der Waals surface area contributed by atoms with E-state index in [-0.39, 0.29) is 24.3 Å². The van der Waals surface area contributed by atoms with Crippen molar-refractivity contribution in [2.75, 3.05) is 13.2 Å². The van der Waals surface area contributed by atoms with Crippen LogP contribution in [0.1, 0.15) is 31.0 Å². The van der Waals surface area contributed by atoms with Gasteiger partial charge in [-0.05, 0) is 59.6 Å². The molecule has 10 heteroatoms. The van der Waals surface area contributed by atoms with Gasteiger partial charge in [0, 0.05) is 15.6 Å². The van der Waals surface area contributed by atoms with Gasteiger partial charge in [-0.25, -0.2) is 9.79 Å². The Kier molecular flexibility index (Phi) is 8.20. The van der Waals surface area contributed by atoms with Crippen LogP contribution in [0.3, 0.4) is 0 Å². The number of thiazole rings is 1. The molecule has 3 aromatic rings. The summed E-state index contributed by atoms with van der Waals surface area (Å²) in [6, 6.07) is 9.74. The summed E-state index contributed by atoms with van der Waals surface area (Å²) in [5, 5.41) is 0.897. The average molecular weight is 608 g/mol. The van der Waals surface area contributed by atoms with Crippen molar-refractivity contribution in [1.82, 2.24) is 4.57 Å². The molecule has 0 unspecified atom stereocenters. The number of hydrogen-bond acceptors (Lipinski definition) is 6. The number of carbonyl (C=O) groups excluding carboxylic acids is 1. The molecule has 1 aliphatic rings. The van der Waals surface area contributed by atoms with Crippen molar-refractivity contribution >= 4 is 62.5 Å². The number of carbonyl (C=O) groups is 1. The Bertz CT molecular complexity index is 1580. The zero-order valence-corrected chi connectivity index (χ0v) is 23.3. The molecule has 0 saturated carbocycles. The van der Waals surface area contributed by atoms with Crippen LogP contribution in [0.2, 0.25) is 10.0 Å². The first-order chi connectivity index (χ1) is 17.3.